The van der Waals surface area contributed by atoms with Gasteiger partial charge in [0.15, 0.2) is 5.78 Å². The van der Waals surface area contributed by atoms with E-state index in [0.717, 1.165) is 17.5 Å². The molecule has 2 aromatic carbocycles. The average Bonchev–Trinajstić information content (AvgIpc) is 2.43. The van der Waals surface area contributed by atoms with E-state index in [1.54, 1.807) is 6.92 Å². The molecule has 0 atom stereocenters. The molecule has 0 unspecified atom stereocenters. The van der Waals surface area contributed by atoms with E-state index in [1.165, 1.54) is 22.3 Å². The SMILES string of the molecule is CC(=O)c1ccc(Cc2ccc(C(C)(C)C)cc2)c(C)c1C. The molecule has 0 heterocycles. The van der Waals surface area contributed by atoms with E-state index in [4.69, 9.17) is 0 Å². The van der Waals surface area contributed by atoms with Gasteiger partial charge < -0.3 is 0 Å². The molecule has 0 fully saturated rings. The molecule has 1 nitrogen and oxygen atoms in total. The number of Topliss-reactive ketones (excluding diaryl/α,β-unsaturated/α-hetero) is 1. The summed E-state index contributed by atoms with van der Waals surface area (Å²) in [6.07, 6.45) is 0.912. The highest BCUT2D eigenvalue weighted by atomic mass is 16.1. The molecule has 0 saturated heterocycles. The maximum absolute atomic E-state index is 11.6. The van der Waals surface area contributed by atoms with E-state index in [0.29, 0.717) is 0 Å². The molecule has 0 spiro atoms. The van der Waals surface area contributed by atoms with Crippen molar-refractivity contribution in [3.63, 3.8) is 0 Å². The van der Waals surface area contributed by atoms with Gasteiger partial charge in [0.1, 0.15) is 0 Å². The molecule has 0 aliphatic carbocycles. The van der Waals surface area contributed by atoms with Gasteiger partial charge >= 0.3 is 0 Å². The lowest BCUT2D eigenvalue weighted by atomic mass is 9.86. The molecule has 1 heteroatoms. The second-order valence-electron chi connectivity index (χ2n) is 7.20. The fourth-order valence-corrected chi connectivity index (χ4v) is 2.79. The summed E-state index contributed by atoms with van der Waals surface area (Å²) >= 11 is 0. The molecule has 0 radical (unpaired) electrons. The summed E-state index contributed by atoms with van der Waals surface area (Å²) in [5.74, 6) is 0.140. The Bertz CT molecular complexity index is 685. The summed E-state index contributed by atoms with van der Waals surface area (Å²) in [4.78, 5) is 11.6. The molecular formula is C21H26O. The van der Waals surface area contributed by atoms with Crippen molar-refractivity contribution in [3.8, 4) is 0 Å². The van der Waals surface area contributed by atoms with Crippen LogP contribution in [-0.4, -0.2) is 5.78 Å². The Morgan fingerprint density at radius 3 is 2.00 bits per heavy atom. The number of hydrogen-bond donors (Lipinski definition) is 0. The van der Waals surface area contributed by atoms with E-state index in [-0.39, 0.29) is 11.2 Å². The van der Waals surface area contributed by atoms with Crippen molar-refractivity contribution in [2.75, 3.05) is 0 Å². The van der Waals surface area contributed by atoms with Gasteiger partial charge in [-0.1, -0.05) is 57.2 Å². The molecule has 22 heavy (non-hydrogen) atoms. The van der Waals surface area contributed by atoms with Crippen molar-refractivity contribution in [1.82, 2.24) is 0 Å². The summed E-state index contributed by atoms with van der Waals surface area (Å²) < 4.78 is 0. The van der Waals surface area contributed by atoms with Crippen molar-refractivity contribution in [2.45, 2.75) is 53.4 Å². The van der Waals surface area contributed by atoms with Crippen LogP contribution < -0.4 is 0 Å². The number of hydrogen-bond acceptors (Lipinski definition) is 1. The zero-order valence-electron chi connectivity index (χ0n) is 14.6. The van der Waals surface area contributed by atoms with Gasteiger partial charge in [-0.3, -0.25) is 4.79 Å². The van der Waals surface area contributed by atoms with E-state index in [2.05, 4.69) is 58.0 Å². The maximum atomic E-state index is 11.6. The Labute approximate surface area is 134 Å². The molecule has 2 aromatic rings. The third kappa shape index (κ3) is 3.47. The molecule has 0 amide bonds. The van der Waals surface area contributed by atoms with Crippen molar-refractivity contribution in [1.29, 1.82) is 0 Å². The third-order valence-corrected chi connectivity index (χ3v) is 4.49. The van der Waals surface area contributed by atoms with Crippen molar-refractivity contribution in [3.05, 3.63) is 69.8 Å². The quantitative estimate of drug-likeness (QED) is 0.693. The minimum atomic E-state index is 0.140. The monoisotopic (exact) mass is 294 g/mol. The largest absolute Gasteiger partial charge is 0.295 e. The van der Waals surface area contributed by atoms with Crippen LogP contribution in [0.3, 0.4) is 0 Å². The summed E-state index contributed by atoms with van der Waals surface area (Å²) in [6.45, 7) is 12.5. The summed E-state index contributed by atoms with van der Waals surface area (Å²) in [5.41, 5.74) is 7.33. The Kier molecular flexibility index (Phi) is 4.55. The first-order chi connectivity index (χ1) is 10.2. The summed E-state index contributed by atoms with van der Waals surface area (Å²) in [7, 11) is 0. The zero-order chi connectivity index (χ0) is 16.5. The van der Waals surface area contributed by atoms with Crippen LogP contribution in [0.25, 0.3) is 0 Å². The smallest absolute Gasteiger partial charge is 0.160 e. The Balaban J connectivity index is 2.28. The van der Waals surface area contributed by atoms with Crippen LogP contribution in [0.5, 0.6) is 0 Å². The standard InChI is InChI=1S/C21H26O/c1-14-15(2)20(16(3)22)12-9-18(14)13-17-7-10-19(11-8-17)21(4,5)6/h7-12H,13H2,1-6H3. The number of carbonyl (C=O) groups excluding carboxylic acids is 1. The number of benzene rings is 2. The summed E-state index contributed by atoms with van der Waals surface area (Å²) in [6, 6.07) is 12.9. The predicted molar refractivity (Wildman–Crippen MR) is 93.9 cm³/mol. The van der Waals surface area contributed by atoms with Crippen molar-refractivity contribution in [2.24, 2.45) is 0 Å². The zero-order valence-corrected chi connectivity index (χ0v) is 14.6. The molecular weight excluding hydrogens is 268 g/mol. The number of ketones is 1. The number of rotatable bonds is 3. The molecule has 0 saturated carbocycles. The van der Waals surface area contributed by atoms with Crippen molar-refractivity contribution < 1.29 is 4.79 Å². The van der Waals surface area contributed by atoms with Gasteiger partial charge in [-0.05, 0) is 60.4 Å². The molecule has 0 aliphatic rings. The lowest BCUT2D eigenvalue weighted by Crippen LogP contribution is -2.10. The predicted octanol–water partition coefficient (Wildman–Crippen LogP) is 5.39. The van der Waals surface area contributed by atoms with E-state index < -0.39 is 0 Å². The first-order valence-electron chi connectivity index (χ1n) is 7.89. The molecule has 0 aromatic heterocycles. The average molecular weight is 294 g/mol. The topological polar surface area (TPSA) is 17.1 Å². The first-order valence-corrected chi connectivity index (χ1v) is 7.89. The van der Waals surface area contributed by atoms with Gasteiger partial charge in [0.05, 0.1) is 0 Å². The fraction of sp³-hybridized carbons (Fsp3) is 0.381. The van der Waals surface area contributed by atoms with Crippen LogP contribution in [0.1, 0.15) is 65.9 Å². The highest BCUT2D eigenvalue weighted by Gasteiger charge is 2.13. The molecule has 0 aliphatic heterocycles. The first kappa shape index (κ1) is 16.5. The maximum Gasteiger partial charge on any atom is 0.160 e. The molecule has 2 rings (SSSR count). The van der Waals surface area contributed by atoms with Crippen LogP contribution in [0.4, 0.5) is 0 Å². The molecule has 116 valence electrons. The highest BCUT2D eigenvalue weighted by molar-refractivity contribution is 5.95. The van der Waals surface area contributed by atoms with Crippen LogP contribution >= 0.6 is 0 Å². The number of carbonyl (C=O) groups is 1. The fourth-order valence-electron chi connectivity index (χ4n) is 2.79. The van der Waals surface area contributed by atoms with E-state index in [1.807, 2.05) is 13.0 Å². The van der Waals surface area contributed by atoms with Gasteiger partial charge in [0.2, 0.25) is 0 Å². The van der Waals surface area contributed by atoms with E-state index in [9.17, 15) is 4.79 Å². The van der Waals surface area contributed by atoms with Crippen LogP contribution in [0.2, 0.25) is 0 Å². The van der Waals surface area contributed by atoms with Gasteiger partial charge in [0.25, 0.3) is 0 Å². The molecule has 0 N–H and O–H groups in total. The van der Waals surface area contributed by atoms with Gasteiger partial charge in [-0.2, -0.15) is 0 Å². The minimum Gasteiger partial charge on any atom is -0.295 e. The minimum absolute atomic E-state index is 0.140. The third-order valence-electron chi connectivity index (χ3n) is 4.49. The van der Waals surface area contributed by atoms with E-state index >= 15 is 0 Å². The Morgan fingerprint density at radius 2 is 1.50 bits per heavy atom. The second-order valence-corrected chi connectivity index (χ2v) is 7.20. The van der Waals surface area contributed by atoms with Crippen molar-refractivity contribution >= 4 is 5.78 Å². The van der Waals surface area contributed by atoms with Gasteiger partial charge in [-0.15, -0.1) is 0 Å². The highest BCUT2D eigenvalue weighted by Crippen LogP contribution is 2.24. The molecule has 0 bridgehead atoms. The van der Waals surface area contributed by atoms with Crippen LogP contribution in [-0.2, 0) is 11.8 Å². The lowest BCUT2D eigenvalue weighted by Gasteiger charge is -2.19. The van der Waals surface area contributed by atoms with Crippen LogP contribution in [0, 0.1) is 13.8 Å². The summed E-state index contributed by atoms with van der Waals surface area (Å²) in [5, 5.41) is 0. The lowest BCUT2D eigenvalue weighted by molar-refractivity contribution is 0.101. The second kappa shape index (κ2) is 6.08. The Hall–Kier alpha value is -1.89. The Morgan fingerprint density at radius 1 is 0.909 bits per heavy atom. The van der Waals surface area contributed by atoms with Gasteiger partial charge in [0, 0.05) is 5.56 Å². The van der Waals surface area contributed by atoms with Crippen LogP contribution in [0.15, 0.2) is 36.4 Å². The normalized spacial score (nSPS) is 11.5. The van der Waals surface area contributed by atoms with Gasteiger partial charge in [-0.25, -0.2) is 0 Å².